The van der Waals surface area contributed by atoms with E-state index >= 15 is 0 Å². The summed E-state index contributed by atoms with van der Waals surface area (Å²) in [6.45, 7) is 0. The van der Waals surface area contributed by atoms with Crippen LogP contribution in [0, 0.1) is 0 Å². The summed E-state index contributed by atoms with van der Waals surface area (Å²) >= 11 is 0. The molecule has 8 heteroatoms. The number of nitrogens with one attached hydrogen (secondary N) is 1. The molecule has 0 aliphatic rings. The number of carboxylic acids is 1. The molecule has 0 saturated heterocycles. The second kappa shape index (κ2) is 6.90. The largest absolute Gasteiger partial charge is 0.490 e. The normalized spacial score (nSPS) is 11.1. The Morgan fingerprint density at radius 3 is 1.80 bits per heavy atom. The maximum absolute atomic E-state index is 11.5. The van der Waals surface area contributed by atoms with E-state index in [1.807, 2.05) is 39.3 Å². The van der Waals surface area contributed by atoms with Crippen molar-refractivity contribution in [3.63, 3.8) is 0 Å². The molecule has 1 rings (SSSR count). The van der Waals surface area contributed by atoms with Gasteiger partial charge in [-0.3, -0.25) is 4.79 Å². The third-order valence-electron chi connectivity index (χ3n) is 1.72. The van der Waals surface area contributed by atoms with E-state index < -0.39 is 12.1 Å². The van der Waals surface area contributed by atoms with Crippen molar-refractivity contribution in [3.8, 4) is 0 Å². The Bertz CT molecular complexity index is 453. The molecule has 112 valence electrons. The lowest BCUT2D eigenvalue weighted by molar-refractivity contribution is -0.905. The molecule has 0 aliphatic heterocycles. The zero-order valence-corrected chi connectivity index (χ0v) is 11.2. The van der Waals surface area contributed by atoms with Crippen LogP contribution >= 0.6 is 0 Å². The Balaban J connectivity index is 0.000000441. The fourth-order valence-corrected chi connectivity index (χ4v) is 0.959. The first-order valence-corrected chi connectivity index (χ1v) is 5.42. The number of hydrogen-bond acceptors (Lipinski definition) is 2. The predicted molar refractivity (Wildman–Crippen MR) is 65.6 cm³/mol. The number of alkyl halides is 3. The highest BCUT2D eigenvalue weighted by molar-refractivity contribution is 5.93. The Morgan fingerprint density at radius 2 is 1.50 bits per heavy atom. The Labute approximate surface area is 114 Å². The van der Waals surface area contributed by atoms with Crippen LogP contribution in [0.3, 0.4) is 0 Å². The monoisotopic (exact) mass is 293 g/mol. The summed E-state index contributed by atoms with van der Waals surface area (Å²) in [4.78, 5) is 20.4. The average molecular weight is 293 g/mol. The molecule has 1 aromatic carbocycles. The van der Waals surface area contributed by atoms with Crippen molar-refractivity contribution in [2.45, 2.75) is 6.18 Å². The third-order valence-corrected chi connectivity index (χ3v) is 1.72. The number of nitrogens with zero attached hydrogens (tertiary/aromatic N) is 1. The smallest absolute Gasteiger partial charge is 0.475 e. The number of hydrogen-bond donors (Lipinski definition) is 2. The average Bonchev–Trinajstić information content (AvgIpc) is 2.27. The molecule has 20 heavy (non-hydrogen) atoms. The van der Waals surface area contributed by atoms with Gasteiger partial charge in [0.2, 0.25) is 0 Å². The molecule has 5 nitrogen and oxygen atoms in total. The van der Waals surface area contributed by atoms with E-state index in [9.17, 15) is 18.0 Å². The summed E-state index contributed by atoms with van der Waals surface area (Å²) in [6.07, 6.45) is -5.08. The lowest BCUT2D eigenvalue weighted by Crippen LogP contribution is -2.51. The van der Waals surface area contributed by atoms with E-state index in [0.717, 1.165) is 0 Å². The molecule has 0 aliphatic carbocycles. The van der Waals surface area contributed by atoms with E-state index in [1.54, 1.807) is 12.1 Å². The number of carbonyl (C=O) groups is 2. The van der Waals surface area contributed by atoms with Gasteiger partial charge in [-0.2, -0.15) is 18.6 Å². The van der Waals surface area contributed by atoms with Gasteiger partial charge in [-0.1, -0.05) is 18.2 Å². The molecule has 1 amide bonds. The van der Waals surface area contributed by atoms with Gasteiger partial charge >= 0.3 is 12.1 Å². The van der Waals surface area contributed by atoms with Crippen LogP contribution in [0.15, 0.2) is 30.3 Å². The Hall–Kier alpha value is -2.09. The zero-order valence-electron chi connectivity index (χ0n) is 11.2. The number of amides is 1. The first-order chi connectivity index (χ1) is 8.93. The number of carbonyl (C=O) groups excluding carboxylic acids is 1. The Morgan fingerprint density at radius 1 is 1.10 bits per heavy atom. The van der Waals surface area contributed by atoms with Crippen molar-refractivity contribution >= 4 is 11.9 Å². The molecule has 0 spiro atoms. The summed E-state index contributed by atoms with van der Waals surface area (Å²) in [5.41, 5.74) is 3.52. The van der Waals surface area contributed by atoms with Crippen LogP contribution in [-0.2, 0) is 4.79 Å². The summed E-state index contributed by atoms with van der Waals surface area (Å²) < 4.78 is 32.2. The highest BCUT2D eigenvalue weighted by Crippen LogP contribution is 2.13. The standard InChI is InChI=1S/C10H14N2O.C2HF3O2/c1-12(2,3)11-10(13)9-7-5-4-6-8-9;3-2(4,5)1(6)7/h4-8H,1-3H3;(H,6,7)/p+1. The first-order valence-electron chi connectivity index (χ1n) is 5.42. The molecule has 0 radical (unpaired) electrons. The highest BCUT2D eigenvalue weighted by atomic mass is 19.4. The summed E-state index contributed by atoms with van der Waals surface area (Å²) in [6, 6.07) is 9.19. The van der Waals surface area contributed by atoms with Gasteiger partial charge in [-0.25, -0.2) is 9.39 Å². The number of rotatable bonds is 2. The summed E-state index contributed by atoms with van der Waals surface area (Å²) in [7, 11) is 5.71. The molecule has 0 bridgehead atoms. The summed E-state index contributed by atoms with van der Waals surface area (Å²) in [5.74, 6) is -2.80. The van der Waals surface area contributed by atoms with E-state index in [0.29, 0.717) is 10.2 Å². The molecule has 1 aromatic rings. The van der Waals surface area contributed by atoms with E-state index in [-0.39, 0.29) is 5.91 Å². The zero-order chi connectivity index (χ0) is 16.0. The van der Waals surface area contributed by atoms with Crippen molar-refractivity contribution in [2.75, 3.05) is 21.1 Å². The molecule has 0 heterocycles. The van der Waals surface area contributed by atoms with Crippen molar-refractivity contribution < 1.29 is 32.5 Å². The molecule has 0 atom stereocenters. The SMILES string of the molecule is C[N+](C)(C)NC(=O)c1ccccc1.O=C(O)C(F)(F)F. The van der Waals surface area contributed by atoms with Crippen LogP contribution in [0.5, 0.6) is 0 Å². The van der Waals surface area contributed by atoms with Crippen LogP contribution in [0.2, 0.25) is 0 Å². The number of halogens is 3. The molecule has 0 unspecified atom stereocenters. The van der Waals surface area contributed by atoms with Gasteiger partial charge in [-0.05, 0) is 12.1 Å². The van der Waals surface area contributed by atoms with Crippen LogP contribution in [-0.4, -0.2) is 48.9 Å². The summed E-state index contributed by atoms with van der Waals surface area (Å²) in [5, 5.41) is 7.12. The van der Waals surface area contributed by atoms with Crippen LogP contribution in [0.25, 0.3) is 0 Å². The highest BCUT2D eigenvalue weighted by Gasteiger charge is 2.38. The van der Waals surface area contributed by atoms with E-state index in [1.165, 1.54) is 0 Å². The Kier molecular flexibility index (Phi) is 6.18. The lowest BCUT2D eigenvalue weighted by atomic mass is 10.2. The lowest BCUT2D eigenvalue weighted by Gasteiger charge is -2.23. The van der Waals surface area contributed by atoms with Gasteiger partial charge in [-0.15, -0.1) is 0 Å². The van der Waals surface area contributed by atoms with Gasteiger partial charge in [0.15, 0.2) is 0 Å². The topological polar surface area (TPSA) is 66.4 Å². The van der Waals surface area contributed by atoms with Gasteiger partial charge in [0.1, 0.15) is 0 Å². The minimum Gasteiger partial charge on any atom is -0.475 e. The molecular weight excluding hydrogens is 277 g/mol. The minimum atomic E-state index is -5.08. The van der Waals surface area contributed by atoms with Crippen LogP contribution in [0.1, 0.15) is 10.4 Å². The van der Waals surface area contributed by atoms with E-state index in [2.05, 4.69) is 5.43 Å². The van der Waals surface area contributed by atoms with Crippen molar-refractivity contribution in [2.24, 2.45) is 0 Å². The van der Waals surface area contributed by atoms with Crippen molar-refractivity contribution in [3.05, 3.63) is 35.9 Å². The number of quaternary nitrogens is 1. The maximum Gasteiger partial charge on any atom is 0.490 e. The predicted octanol–water partition coefficient (Wildman–Crippen LogP) is 1.67. The molecule has 0 aromatic heterocycles. The quantitative estimate of drug-likeness (QED) is 0.644. The van der Waals surface area contributed by atoms with Gasteiger partial charge in [0, 0.05) is 5.56 Å². The van der Waals surface area contributed by atoms with Gasteiger partial charge < -0.3 is 5.11 Å². The molecular formula is C12H16F3N2O3+. The number of carboxylic acid groups (broad SMARTS) is 1. The number of aliphatic carboxylic acids is 1. The van der Waals surface area contributed by atoms with Gasteiger partial charge in [0.25, 0.3) is 5.91 Å². The third kappa shape index (κ3) is 8.09. The van der Waals surface area contributed by atoms with Crippen LogP contribution < -0.4 is 5.43 Å². The molecule has 0 saturated carbocycles. The minimum absolute atomic E-state index is 0.0481. The van der Waals surface area contributed by atoms with Crippen molar-refractivity contribution in [1.29, 1.82) is 0 Å². The second-order valence-corrected chi connectivity index (χ2v) is 4.62. The van der Waals surface area contributed by atoms with Crippen LogP contribution in [0.4, 0.5) is 13.2 Å². The second-order valence-electron chi connectivity index (χ2n) is 4.62. The fraction of sp³-hybridized carbons (Fsp3) is 0.333. The molecule has 2 N–H and O–H groups in total. The van der Waals surface area contributed by atoms with Crippen molar-refractivity contribution in [1.82, 2.24) is 5.43 Å². The van der Waals surface area contributed by atoms with E-state index in [4.69, 9.17) is 9.90 Å². The van der Waals surface area contributed by atoms with Gasteiger partial charge in [0.05, 0.1) is 21.1 Å². The first kappa shape index (κ1) is 17.9. The maximum atomic E-state index is 11.5. The molecule has 0 fully saturated rings. The fourth-order valence-electron chi connectivity index (χ4n) is 0.959. The number of benzene rings is 1.